The maximum atomic E-state index is 11.9. The standard InChI is InChI=1S/C18H18ClNO3/c1-3-10-20-18(21)13-8-9-16(17(11-13)22-2)23-12-14-6-4-5-7-15(14)19/h3-9,11H,1,10,12H2,2H3,(H,20,21). The number of rotatable bonds is 7. The van der Waals surface area contributed by atoms with Gasteiger partial charge in [0.15, 0.2) is 11.5 Å². The summed E-state index contributed by atoms with van der Waals surface area (Å²) in [7, 11) is 1.53. The monoisotopic (exact) mass is 331 g/mol. The van der Waals surface area contributed by atoms with Crippen LogP contribution in [0.2, 0.25) is 5.02 Å². The van der Waals surface area contributed by atoms with Crippen LogP contribution in [-0.4, -0.2) is 19.6 Å². The number of halogens is 1. The van der Waals surface area contributed by atoms with Gasteiger partial charge < -0.3 is 14.8 Å². The van der Waals surface area contributed by atoms with Crippen LogP contribution in [0.3, 0.4) is 0 Å². The molecule has 0 aliphatic rings. The minimum atomic E-state index is -0.194. The lowest BCUT2D eigenvalue weighted by molar-refractivity contribution is 0.0957. The molecule has 0 unspecified atom stereocenters. The lowest BCUT2D eigenvalue weighted by Crippen LogP contribution is -2.23. The van der Waals surface area contributed by atoms with Crippen molar-refractivity contribution < 1.29 is 14.3 Å². The van der Waals surface area contributed by atoms with Crippen molar-refractivity contribution in [1.29, 1.82) is 0 Å². The van der Waals surface area contributed by atoms with Gasteiger partial charge in [-0.25, -0.2) is 0 Å². The summed E-state index contributed by atoms with van der Waals surface area (Å²) in [5, 5.41) is 3.36. The highest BCUT2D eigenvalue weighted by molar-refractivity contribution is 6.31. The highest BCUT2D eigenvalue weighted by Gasteiger charge is 2.11. The molecule has 0 heterocycles. The third-order valence-electron chi connectivity index (χ3n) is 3.17. The Kier molecular flexibility index (Phi) is 6.06. The molecule has 120 valence electrons. The van der Waals surface area contributed by atoms with Crippen molar-refractivity contribution in [2.45, 2.75) is 6.61 Å². The van der Waals surface area contributed by atoms with E-state index in [-0.39, 0.29) is 5.91 Å². The van der Waals surface area contributed by atoms with Crippen LogP contribution in [0.15, 0.2) is 55.1 Å². The summed E-state index contributed by atoms with van der Waals surface area (Å²) in [6.45, 7) is 4.29. The summed E-state index contributed by atoms with van der Waals surface area (Å²) in [5.74, 6) is 0.844. The Morgan fingerprint density at radius 1 is 1.26 bits per heavy atom. The Labute approximate surface area is 140 Å². The number of nitrogens with one attached hydrogen (secondary N) is 1. The number of methoxy groups -OCH3 is 1. The normalized spacial score (nSPS) is 10.0. The molecule has 0 atom stereocenters. The molecule has 23 heavy (non-hydrogen) atoms. The maximum absolute atomic E-state index is 11.9. The van der Waals surface area contributed by atoms with Crippen molar-refractivity contribution in [1.82, 2.24) is 5.32 Å². The van der Waals surface area contributed by atoms with Gasteiger partial charge in [-0.15, -0.1) is 6.58 Å². The predicted octanol–water partition coefficient (Wildman–Crippen LogP) is 3.84. The van der Waals surface area contributed by atoms with Gasteiger partial charge in [0.1, 0.15) is 6.61 Å². The van der Waals surface area contributed by atoms with Crippen molar-refractivity contribution in [2.75, 3.05) is 13.7 Å². The molecule has 0 radical (unpaired) electrons. The van der Waals surface area contributed by atoms with E-state index < -0.39 is 0 Å². The van der Waals surface area contributed by atoms with Gasteiger partial charge in [0.2, 0.25) is 0 Å². The first-order valence-corrected chi connectivity index (χ1v) is 7.47. The zero-order valence-corrected chi connectivity index (χ0v) is 13.6. The molecule has 4 nitrogen and oxygen atoms in total. The first-order chi connectivity index (χ1) is 11.2. The number of carbonyl (C=O) groups excluding carboxylic acids is 1. The molecule has 1 N–H and O–H groups in total. The minimum Gasteiger partial charge on any atom is -0.493 e. The van der Waals surface area contributed by atoms with Crippen LogP contribution in [0.4, 0.5) is 0 Å². The molecule has 0 spiro atoms. The second-order valence-corrected chi connectivity index (χ2v) is 5.15. The van der Waals surface area contributed by atoms with E-state index in [1.54, 1.807) is 24.3 Å². The van der Waals surface area contributed by atoms with Gasteiger partial charge in [0.25, 0.3) is 5.91 Å². The number of hydrogen-bond donors (Lipinski definition) is 1. The summed E-state index contributed by atoms with van der Waals surface area (Å²) in [6.07, 6.45) is 1.62. The molecular formula is C18H18ClNO3. The maximum Gasteiger partial charge on any atom is 0.251 e. The van der Waals surface area contributed by atoms with Crippen LogP contribution in [-0.2, 0) is 6.61 Å². The third kappa shape index (κ3) is 4.50. The van der Waals surface area contributed by atoms with Crippen LogP contribution < -0.4 is 14.8 Å². The van der Waals surface area contributed by atoms with Gasteiger partial charge in [-0.1, -0.05) is 35.9 Å². The fourth-order valence-electron chi connectivity index (χ4n) is 1.97. The summed E-state index contributed by atoms with van der Waals surface area (Å²) in [4.78, 5) is 11.9. The predicted molar refractivity (Wildman–Crippen MR) is 91.3 cm³/mol. The van der Waals surface area contributed by atoms with E-state index in [1.807, 2.05) is 24.3 Å². The Balaban J connectivity index is 2.12. The Hall–Kier alpha value is -2.46. The Morgan fingerprint density at radius 2 is 2.04 bits per heavy atom. The molecule has 2 aromatic carbocycles. The lowest BCUT2D eigenvalue weighted by Gasteiger charge is -2.13. The first kappa shape index (κ1) is 16.9. The average Bonchev–Trinajstić information content (AvgIpc) is 2.58. The largest absolute Gasteiger partial charge is 0.493 e. The minimum absolute atomic E-state index is 0.194. The smallest absolute Gasteiger partial charge is 0.251 e. The molecule has 5 heteroatoms. The zero-order chi connectivity index (χ0) is 16.7. The molecule has 1 amide bonds. The topological polar surface area (TPSA) is 47.6 Å². The molecule has 2 rings (SSSR count). The Morgan fingerprint density at radius 3 is 2.74 bits per heavy atom. The molecule has 0 aliphatic heterocycles. The van der Waals surface area contributed by atoms with Gasteiger partial charge in [-0.05, 0) is 24.3 Å². The number of amides is 1. The fourth-order valence-corrected chi connectivity index (χ4v) is 2.16. The number of ether oxygens (including phenoxy) is 2. The first-order valence-electron chi connectivity index (χ1n) is 7.09. The van der Waals surface area contributed by atoms with Gasteiger partial charge in [0, 0.05) is 22.7 Å². The van der Waals surface area contributed by atoms with Gasteiger partial charge >= 0.3 is 0 Å². The quantitative estimate of drug-likeness (QED) is 0.784. The molecule has 0 aromatic heterocycles. The van der Waals surface area contributed by atoms with E-state index in [1.165, 1.54) is 7.11 Å². The molecule has 0 saturated heterocycles. The number of hydrogen-bond acceptors (Lipinski definition) is 3. The molecule has 0 bridgehead atoms. The van der Waals surface area contributed by atoms with Gasteiger partial charge in [-0.2, -0.15) is 0 Å². The summed E-state index contributed by atoms with van der Waals surface area (Å²) < 4.78 is 11.1. The van der Waals surface area contributed by atoms with E-state index in [0.29, 0.717) is 35.2 Å². The van der Waals surface area contributed by atoms with Crippen LogP contribution in [0.25, 0.3) is 0 Å². The van der Waals surface area contributed by atoms with Gasteiger partial charge in [0.05, 0.1) is 7.11 Å². The number of carbonyl (C=O) groups is 1. The van der Waals surface area contributed by atoms with E-state index in [0.717, 1.165) is 5.56 Å². The molecular weight excluding hydrogens is 314 g/mol. The summed E-state index contributed by atoms with van der Waals surface area (Å²) in [6, 6.07) is 12.5. The fraction of sp³-hybridized carbons (Fsp3) is 0.167. The Bertz CT molecular complexity index is 700. The van der Waals surface area contributed by atoms with E-state index in [9.17, 15) is 4.79 Å². The van der Waals surface area contributed by atoms with Crippen LogP contribution in [0.1, 0.15) is 15.9 Å². The number of benzene rings is 2. The van der Waals surface area contributed by atoms with Crippen molar-refractivity contribution in [3.8, 4) is 11.5 Å². The van der Waals surface area contributed by atoms with Crippen molar-refractivity contribution in [2.24, 2.45) is 0 Å². The van der Waals surface area contributed by atoms with Gasteiger partial charge in [-0.3, -0.25) is 4.79 Å². The molecule has 0 saturated carbocycles. The van der Waals surface area contributed by atoms with E-state index in [4.69, 9.17) is 21.1 Å². The van der Waals surface area contributed by atoms with Crippen LogP contribution >= 0.6 is 11.6 Å². The molecule has 0 aliphatic carbocycles. The van der Waals surface area contributed by atoms with Crippen molar-refractivity contribution >= 4 is 17.5 Å². The highest BCUT2D eigenvalue weighted by Crippen LogP contribution is 2.29. The lowest BCUT2D eigenvalue weighted by atomic mass is 10.2. The van der Waals surface area contributed by atoms with Crippen molar-refractivity contribution in [3.05, 3.63) is 71.3 Å². The zero-order valence-electron chi connectivity index (χ0n) is 12.8. The molecule has 2 aromatic rings. The highest BCUT2D eigenvalue weighted by atomic mass is 35.5. The summed E-state index contributed by atoms with van der Waals surface area (Å²) in [5.41, 5.74) is 1.37. The summed E-state index contributed by atoms with van der Waals surface area (Å²) >= 11 is 6.11. The second-order valence-electron chi connectivity index (χ2n) is 4.74. The second kappa shape index (κ2) is 8.25. The van der Waals surface area contributed by atoms with E-state index in [2.05, 4.69) is 11.9 Å². The molecule has 0 fully saturated rings. The van der Waals surface area contributed by atoms with Crippen LogP contribution in [0.5, 0.6) is 11.5 Å². The average molecular weight is 332 g/mol. The third-order valence-corrected chi connectivity index (χ3v) is 3.54. The van der Waals surface area contributed by atoms with E-state index >= 15 is 0 Å². The van der Waals surface area contributed by atoms with Crippen molar-refractivity contribution in [3.63, 3.8) is 0 Å². The SMILES string of the molecule is C=CCNC(=O)c1ccc(OCc2ccccc2Cl)c(OC)c1. The van der Waals surface area contributed by atoms with Crippen LogP contribution in [0, 0.1) is 0 Å².